The number of rotatable bonds is 2. The number of aryl methyl sites for hydroxylation is 2. The van der Waals surface area contributed by atoms with Gasteiger partial charge in [0.05, 0.1) is 14.2 Å². The van der Waals surface area contributed by atoms with Crippen LogP contribution in [0.4, 0.5) is 0 Å². The molecule has 0 spiro atoms. The zero-order valence-electron chi connectivity index (χ0n) is 14.6. The summed E-state index contributed by atoms with van der Waals surface area (Å²) in [4.78, 5) is 0. The zero-order chi connectivity index (χ0) is 17.5. The summed E-state index contributed by atoms with van der Waals surface area (Å²) in [6, 6.07) is 11.2. The van der Waals surface area contributed by atoms with Gasteiger partial charge in [0.15, 0.2) is 0 Å². The van der Waals surface area contributed by atoms with Crippen LogP contribution in [0, 0.1) is 0 Å². The first-order chi connectivity index (χ1) is 11.3. The second-order valence-electron chi connectivity index (χ2n) is 6.70. The van der Waals surface area contributed by atoms with Crippen molar-refractivity contribution in [2.75, 3.05) is 14.2 Å². The molecule has 0 amide bonds. The quantitative estimate of drug-likeness (QED) is 0.890. The van der Waals surface area contributed by atoms with Crippen LogP contribution in [0.3, 0.4) is 0 Å². The largest absolute Gasteiger partial charge is 0.496 e. The van der Waals surface area contributed by atoms with Gasteiger partial charge in [0.2, 0.25) is 0 Å². The molecule has 24 heavy (non-hydrogen) atoms. The van der Waals surface area contributed by atoms with Crippen molar-refractivity contribution >= 4 is 0 Å². The number of benzene rings is 2. The average Bonchev–Trinajstić information content (AvgIpc) is 2.58. The van der Waals surface area contributed by atoms with Gasteiger partial charge in [-0.15, -0.1) is 0 Å². The maximum atomic E-state index is 11.2. The average molecular weight is 328 g/mol. The van der Waals surface area contributed by atoms with Gasteiger partial charge in [-0.25, -0.2) is 0 Å². The van der Waals surface area contributed by atoms with E-state index in [1.165, 1.54) is 0 Å². The van der Waals surface area contributed by atoms with Crippen LogP contribution >= 0.6 is 0 Å². The minimum atomic E-state index is -1.45. The van der Waals surface area contributed by atoms with Crippen LogP contribution in [-0.4, -0.2) is 24.4 Å². The standard InChI is InChI=1S/C20H24O4/c1-19(21)15-7-9-17(23-3)13(11-15)5-6-14-12-16(20(19,2)22)8-10-18(14)24-4/h7-12,21-22H,5-6H2,1-4H3. The van der Waals surface area contributed by atoms with Crippen molar-refractivity contribution in [2.45, 2.75) is 37.9 Å². The molecule has 0 aromatic heterocycles. The molecule has 2 atom stereocenters. The summed E-state index contributed by atoms with van der Waals surface area (Å²) in [5.41, 5.74) is 0.444. The van der Waals surface area contributed by atoms with Crippen molar-refractivity contribution in [2.24, 2.45) is 0 Å². The van der Waals surface area contributed by atoms with Gasteiger partial charge >= 0.3 is 0 Å². The van der Waals surface area contributed by atoms with E-state index < -0.39 is 11.2 Å². The van der Waals surface area contributed by atoms with Crippen molar-refractivity contribution < 1.29 is 19.7 Å². The predicted molar refractivity (Wildman–Crippen MR) is 92.5 cm³/mol. The third kappa shape index (κ3) is 2.46. The highest BCUT2D eigenvalue weighted by atomic mass is 16.5. The normalized spacial score (nSPS) is 25.9. The lowest BCUT2D eigenvalue weighted by Gasteiger charge is -2.40. The smallest absolute Gasteiger partial charge is 0.122 e. The molecule has 128 valence electrons. The topological polar surface area (TPSA) is 58.9 Å². The summed E-state index contributed by atoms with van der Waals surface area (Å²) in [7, 11) is 3.28. The van der Waals surface area contributed by atoms with Crippen molar-refractivity contribution in [3.8, 4) is 11.5 Å². The molecule has 0 heterocycles. The Morgan fingerprint density at radius 2 is 1.12 bits per heavy atom. The molecule has 3 rings (SSSR count). The van der Waals surface area contributed by atoms with Gasteiger partial charge in [-0.2, -0.15) is 0 Å². The zero-order valence-corrected chi connectivity index (χ0v) is 14.6. The number of hydrogen-bond acceptors (Lipinski definition) is 4. The Hall–Kier alpha value is -2.04. The molecular weight excluding hydrogens is 304 g/mol. The van der Waals surface area contributed by atoms with Crippen LogP contribution in [0.5, 0.6) is 11.5 Å². The lowest BCUT2D eigenvalue weighted by atomic mass is 9.74. The Bertz CT molecular complexity index is 697. The van der Waals surface area contributed by atoms with Gasteiger partial charge in [0, 0.05) is 0 Å². The van der Waals surface area contributed by atoms with Crippen LogP contribution in [0.15, 0.2) is 36.4 Å². The summed E-state index contributed by atoms with van der Waals surface area (Å²) in [5.74, 6) is 1.56. The molecule has 4 bridgehead atoms. The Kier molecular flexibility index (Phi) is 4.06. The van der Waals surface area contributed by atoms with E-state index in [4.69, 9.17) is 9.47 Å². The molecule has 0 saturated carbocycles. The second kappa shape index (κ2) is 5.80. The second-order valence-corrected chi connectivity index (χ2v) is 6.70. The van der Waals surface area contributed by atoms with E-state index in [9.17, 15) is 10.2 Å². The van der Waals surface area contributed by atoms with Crippen LogP contribution in [0.1, 0.15) is 36.1 Å². The third-order valence-electron chi connectivity index (χ3n) is 5.30. The van der Waals surface area contributed by atoms with E-state index in [-0.39, 0.29) is 0 Å². The number of fused-ring (bicyclic) bond motifs is 4. The van der Waals surface area contributed by atoms with Crippen molar-refractivity contribution in [1.29, 1.82) is 0 Å². The highest BCUT2D eigenvalue weighted by molar-refractivity contribution is 5.46. The van der Waals surface area contributed by atoms with E-state index in [0.29, 0.717) is 11.1 Å². The molecule has 0 radical (unpaired) electrons. The van der Waals surface area contributed by atoms with E-state index in [2.05, 4.69) is 0 Å². The van der Waals surface area contributed by atoms with Crippen LogP contribution in [-0.2, 0) is 24.0 Å². The Morgan fingerprint density at radius 1 is 0.750 bits per heavy atom. The fourth-order valence-electron chi connectivity index (χ4n) is 3.38. The van der Waals surface area contributed by atoms with E-state index in [1.54, 1.807) is 28.1 Å². The summed E-state index contributed by atoms with van der Waals surface area (Å²) >= 11 is 0. The molecule has 1 aliphatic rings. The van der Waals surface area contributed by atoms with Crippen molar-refractivity contribution in [3.05, 3.63) is 58.7 Å². The molecular formula is C20H24O4. The maximum Gasteiger partial charge on any atom is 0.122 e. The minimum Gasteiger partial charge on any atom is -0.496 e. The maximum absolute atomic E-state index is 11.2. The molecule has 0 aliphatic heterocycles. The summed E-state index contributed by atoms with van der Waals surface area (Å²) < 4.78 is 10.9. The summed E-state index contributed by atoms with van der Waals surface area (Å²) in [5, 5.41) is 22.3. The predicted octanol–water partition coefficient (Wildman–Crippen LogP) is 2.92. The van der Waals surface area contributed by atoms with Crippen LogP contribution < -0.4 is 9.47 Å². The SMILES string of the molecule is COc1ccc2cc1CCc1cc(ccc1OC)C(C)(O)C2(C)O. The molecule has 0 saturated heterocycles. The van der Waals surface area contributed by atoms with Gasteiger partial charge in [0.25, 0.3) is 0 Å². The van der Waals surface area contributed by atoms with Gasteiger partial charge < -0.3 is 19.7 Å². The molecule has 1 aliphatic carbocycles. The number of methoxy groups -OCH3 is 2. The van der Waals surface area contributed by atoms with Crippen LogP contribution in [0.25, 0.3) is 0 Å². The van der Waals surface area contributed by atoms with Gasteiger partial charge in [0.1, 0.15) is 22.7 Å². The lowest BCUT2D eigenvalue weighted by molar-refractivity contribution is -0.143. The highest BCUT2D eigenvalue weighted by Crippen LogP contribution is 2.43. The van der Waals surface area contributed by atoms with E-state index >= 15 is 0 Å². The molecule has 0 fully saturated rings. The van der Waals surface area contributed by atoms with Gasteiger partial charge in [-0.05, 0) is 73.2 Å². The highest BCUT2D eigenvalue weighted by Gasteiger charge is 2.45. The molecule has 2 aromatic rings. The molecule has 2 N–H and O–H groups in total. The third-order valence-corrected chi connectivity index (χ3v) is 5.30. The summed E-state index contributed by atoms with van der Waals surface area (Å²) in [6.07, 6.45) is 1.52. The molecule has 4 nitrogen and oxygen atoms in total. The van der Waals surface area contributed by atoms with Crippen molar-refractivity contribution in [3.63, 3.8) is 0 Å². The summed E-state index contributed by atoms with van der Waals surface area (Å²) in [6.45, 7) is 3.29. The van der Waals surface area contributed by atoms with Crippen molar-refractivity contribution in [1.82, 2.24) is 0 Å². The first kappa shape index (κ1) is 16.8. The number of hydrogen-bond donors (Lipinski definition) is 2. The monoisotopic (exact) mass is 328 g/mol. The number of ether oxygens (including phenoxy) is 2. The Morgan fingerprint density at radius 3 is 1.46 bits per heavy atom. The number of aliphatic hydroxyl groups is 2. The van der Waals surface area contributed by atoms with E-state index in [0.717, 1.165) is 35.5 Å². The Balaban J connectivity index is 2.25. The van der Waals surface area contributed by atoms with Crippen LogP contribution in [0.2, 0.25) is 0 Å². The molecule has 2 aromatic carbocycles. The molecule has 4 heteroatoms. The fraction of sp³-hybridized carbons (Fsp3) is 0.400. The first-order valence-electron chi connectivity index (χ1n) is 8.11. The molecule has 2 unspecified atom stereocenters. The minimum absolute atomic E-state index is 0.669. The Labute approximate surface area is 142 Å². The van der Waals surface area contributed by atoms with E-state index in [1.807, 2.05) is 36.4 Å². The van der Waals surface area contributed by atoms with Gasteiger partial charge in [-0.1, -0.05) is 12.1 Å². The fourth-order valence-corrected chi connectivity index (χ4v) is 3.38. The van der Waals surface area contributed by atoms with Gasteiger partial charge in [-0.3, -0.25) is 0 Å². The first-order valence-corrected chi connectivity index (χ1v) is 8.11. The lowest BCUT2D eigenvalue weighted by Crippen LogP contribution is -2.45.